The highest BCUT2D eigenvalue weighted by Crippen LogP contribution is 2.43. The summed E-state index contributed by atoms with van der Waals surface area (Å²) in [6.07, 6.45) is 6.40. The zero-order valence-corrected chi connectivity index (χ0v) is 12.9. The average molecular weight is 338 g/mol. The summed E-state index contributed by atoms with van der Waals surface area (Å²) in [6, 6.07) is 1.73. The van der Waals surface area contributed by atoms with E-state index in [0.29, 0.717) is 28.6 Å². The molecule has 0 saturated heterocycles. The zero-order chi connectivity index (χ0) is 15.3. The van der Waals surface area contributed by atoms with Crippen molar-refractivity contribution in [1.82, 2.24) is 15.2 Å². The van der Waals surface area contributed by atoms with E-state index in [-0.39, 0.29) is 12.2 Å². The molecule has 0 bridgehead atoms. The summed E-state index contributed by atoms with van der Waals surface area (Å²) in [5, 5.41) is 18.0. The quantitative estimate of drug-likeness (QED) is 0.681. The van der Waals surface area contributed by atoms with Gasteiger partial charge in [0.1, 0.15) is 11.9 Å². The van der Waals surface area contributed by atoms with Crippen molar-refractivity contribution in [3.63, 3.8) is 0 Å². The Morgan fingerprint density at radius 3 is 2.77 bits per heavy atom. The Morgan fingerprint density at radius 1 is 1.27 bits per heavy atom. The van der Waals surface area contributed by atoms with Crippen LogP contribution in [0.15, 0.2) is 24.7 Å². The molecule has 0 unspecified atom stereocenters. The van der Waals surface area contributed by atoms with Crippen molar-refractivity contribution in [3.8, 4) is 16.9 Å². The molecule has 0 spiro atoms. The third-order valence-corrected chi connectivity index (χ3v) is 4.77. The van der Waals surface area contributed by atoms with Crippen molar-refractivity contribution < 1.29 is 9.84 Å². The van der Waals surface area contributed by atoms with Crippen LogP contribution in [0.2, 0.25) is 10.0 Å². The van der Waals surface area contributed by atoms with E-state index < -0.39 is 0 Å². The molecule has 0 radical (unpaired) electrons. The number of halogens is 2. The summed E-state index contributed by atoms with van der Waals surface area (Å²) < 4.78 is 6.01. The minimum absolute atomic E-state index is 0.00235. The number of aromatic amines is 2. The van der Waals surface area contributed by atoms with Gasteiger partial charge in [0.2, 0.25) is 0 Å². The zero-order valence-electron chi connectivity index (χ0n) is 11.4. The predicted octanol–water partition coefficient (Wildman–Crippen LogP) is 3.77. The molecule has 1 aliphatic rings. The summed E-state index contributed by atoms with van der Waals surface area (Å²) >= 11 is 12.5. The molecule has 22 heavy (non-hydrogen) atoms. The molecule has 1 saturated carbocycles. The highest BCUT2D eigenvalue weighted by molar-refractivity contribution is 6.45. The smallest absolute Gasteiger partial charge is 0.131 e. The molecule has 114 valence electrons. The van der Waals surface area contributed by atoms with Gasteiger partial charge in [0.25, 0.3) is 0 Å². The van der Waals surface area contributed by atoms with Gasteiger partial charge in [-0.25, -0.2) is 0 Å². The van der Waals surface area contributed by atoms with E-state index in [4.69, 9.17) is 27.9 Å². The minimum Gasteiger partial charge on any atom is -0.489 e. The van der Waals surface area contributed by atoms with Gasteiger partial charge >= 0.3 is 0 Å². The fourth-order valence-corrected chi connectivity index (χ4v) is 3.15. The Bertz CT molecular complexity index is 823. The van der Waals surface area contributed by atoms with Gasteiger partial charge in [-0.1, -0.05) is 23.2 Å². The van der Waals surface area contributed by atoms with E-state index in [1.165, 1.54) is 0 Å². The van der Waals surface area contributed by atoms with Crippen molar-refractivity contribution in [3.05, 3.63) is 34.7 Å². The van der Waals surface area contributed by atoms with Crippen LogP contribution in [0.3, 0.4) is 0 Å². The molecule has 0 aliphatic heterocycles. The first-order valence-electron chi connectivity index (χ1n) is 6.96. The first-order chi connectivity index (χ1) is 10.6. The van der Waals surface area contributed by atoms with Crippen molar-refractivity contribution in [2.75, 3.05) is 0 Å². The third-order valence-electron chi connectivity index (χ3n) is 3.99. The van der Waals surface area contributed by atoms with E-state index in [0.717, 1.165) is 22.0 Å². The van der Waals surface area contributed by atoms with Crippen molar-refractivity contribution >= 4 is 34.1 Å². The van der Waals surface area contributed by atoms with E-state index in [9.17, 15) is 5.11 Å². The standard InChI is InChI=1S/C15H13Cl2N3O2/c16-11-3-12(22-9-1-8(21)2-9)13-10(7-4-19-20-5-7)6-18-15(13)14(11)17/h3-6,8-9,18,21H,1-2H2,(H,19,20). The Balaban J connectivity index is 1.86. The summed E-state index contributed by atoms with van der Waals surface area (Å²) in [4.78, 5) is 3.16. The number of fused-ring (bicyclic) bond motifs is 1. The summed E-state index contributed by atoms with van der Waals surface area (Å²) in [5.74, 6) is 0.666. The van der Waals surface area contributed by atoms with Gasteiger partial charge in [0, 0.05) is 42.4 Å². The summed E-state index contributed by atoms with van der Waals surface area (Å²) in [7, 11) is 0. The molecule has 4 rings (SSSR count). The molecule has 2 heterocycles. The molecule has 2 aromatic heterocycles. The van der Waals surface area contributed by atoms with Gasteiger partial charge in [-0.05, 0) is 0 Å². The second-order valence-electron chi connectivity index (χ2n) is 5.47. The lowest BCUT2D eigenvalue weighted by Crippen LogP contribution is -2.37. The van der Waals surface area contributed by atoms with Crippen molar-refractivity contribution in [1.29, 1.82) is 0 Å². The number of ether oxygens (including phenoxy) is 1. The lowest BCUT2D eigenvalue weighted by molar-refractivity contribution is -0.0100. The number of hydrogen-bond acceptors (Lipinski definition) is 3. The molecule has 3 aromatic rings. The maximum atomic E-state index is 9.43. The maximum absolute atomic E-state index is 9.43. The number of aliphatic hydroxyl groups is 1. The molecule has 0 amide bonds. The maximum Gasteiger partial charge on any atom is 0.131 e. The lowest BCUT2D eigenvalue weighted by Gasteiger charge is -2.32. The monoisotopic (exact) mass is 337 g/mol. The number of hydrogen-bond donors (Lipinski definition) is 3. The SMILES string of the molecule is OC1CC(Oc2cc(Cl)c(Cl)c3[nH]cc(-c4cn[nH]c4)c23)C1. The molecular weight excluding hydrogens is 325 g/mol. The van der Waals surface area contributed by atoms with E-state index in [1.807, 2.05) is 12.4 Å². The number of aliphatic hydroxyl groups excluding tert-OH is 1. The molecule has 7 heteroatoms. The predicted molar refractivity (Wildman–Crippen MR) is 85.6 cm³/mol. The van der Waals surface area contributed by atoms with Gasteiger partial charge in [0.05, 0.1) is 33.2 Å². The highest BCUT2D eigenvalue weighted by Gasteiger charge is 2.30. The van der Waals surface area contributed by atoms with E-state index >= 15 is 0 Å². The van der Waals surface area contributed by atoms with E-state index in [2.05, 4.69) is 15.2 Å². The van der Waals surface area contributed by atoms with Gasteiger partial charge in [-0.15, -0.1) is 0 Å². The topological polar surface area (TPSA) is 73.9 Å². The number of benzene rings is 1. The molecule has 1 aromatic carbocycles. The van der Waals surface area contributed by atoms with Crippen LogP contribution in [0.1, 0.15) is 12.8 Å². The van der Waals surface area contributed by atoms with Gasteiger partial charge in [0.15, 0.2) is 0 Å². The average Bonchev–Trinajstić information content (AvgIpc) is 3.11. The number of rotatable bonds is 3. The van der Waals surface area contributed by atoms with E-state index in [1.54, 1.807) is 12.3 Å². The molecule has 3 N–H and O–H groups in total. The molecule has 1 fully saturated rings. The minimum atomic E-state index is -0.275. The Hall–Kier alpha value is -1.69. The van der Waals surface area contributed by atoms with Crippen LogP contribution in [-0.4, -0.2) is 32.5 Å². The van der Waals surface area contributed by atoms with Gasteiger partial charge < -0.3 is 14.8 Å². The fraction of sp³-hybridized carbons (Fsp3) is 0.267. The Labute approximate surface area is 136 Å². The van der Waals surface area contributed by atoms with Crippen LogP contribution in [0.25, 0.3) is 22.0 Å². The number of H-pyrrole nitrogens is 2. The normalized spacial score (nSPS) is 21.0. The van der Waals surface area contributed by atoms with Crippen LogP contribution in [0.5, 0.6) is 5.75 Å². The van der Waals surface area contributed by atoms with Crippen LogP contribution in [0, 0.1) is 0 Å². The highest BCUT2D eigenvalue weighted by atomic mass is 35.5. The van der Waals surface area contributed by atoms with Crippen molar-refractivity contribution in [2.24, 2.45) is 0 Å². The van der Waals surface area contributed by atoms with Crippen molar-refractivity contribution in [2.45, 2.75) is 25.0 Å². The first-order valence-corrected chi connectivity index (χ1v) is 7.72. The number of aromatic nitrogens is 3. The van der Waals surface area contributed by atoms with Gasteiger partial charge in [-0.2, -0.15) is 5.10 Å². The number of nitrogens with zero attached hydrogens (tertiary/aromatic N) is 1. The van der Waals surface area contributed by atoms with Crippen LogP contribution < -0.4 is 4.74 Å². The number of nitrogens with one attached hydrogen (secondary N) is 2. The molecule has 0 atom stereocenters. The largest absolute Gasteiger partial charge is 0.489 e. The lowest BCUT2D eigenvalue weighted by atomic mass is 9.92. The summed E-state index contributed by atoms with van der Waals surface area (Å²) in [6.45, 7) is 0. The van der Waals surface area contributed by atoms with Gasteiger partial charge in [-0.3, -0.25) is 5.10 Å². The van der Waals surface area contributed by atoms with Crippen LogP contribution in [0.4, 0.5) is 0 Å². The molecular formula is C15H13Cl2N3O2. The Morgan fingerprint density at radius 2 is 2.09 bits per heavy atom. The van der Waals surface area contributed by atoms with Crippen LogP contribution >= 0.6 is 23.2 Å². The second-order valence-corrected chi connectivity index (χ2v) is 6.26. The molecule has 1 aliphatic carbocycles. The third kappa shape index (κ3) is 2.17. The van der Waals surface area contributed by atoms with Crippen LogP contribution in [-0.2, 0) is 0 Å². The summed E-state index contributed by atoms with van der Waals surface area (Å²) in [5.41, 5.74) is 2.61. The second kappa shape index (κ2) is 5.19. The fourth-order valence-electron chi connectivity index (χ4n) is 2.75. The first kappa shape index (κ1) is 13.9. The Kier molecular flexibility index (Phi) is 3.29. The molecule has 5 nitrogen and oxygen atoms in total.